The van der Waals surface area contributed by atoms with Gasteiger partial charge in [-0.3, -0.25) is 9.89 Å². The number of aromatic nitrogens is 2. The smallest absolute Gasteiger partial charge is 0.256 e. The molecular formula is C18H24N4O. The van der Waals surface area contributed by atoms with E-state index in [0.29, 0.717) is 17.3 Å². The Hall–Kier alpha value is -2.30. The van der Waals surface area contributed by atoms with Gasteiger partial charge >= 0.3 is 0 Å². The Bertz CT molecular complexity index is 629. The molecule has 0 spiro atoms. The van der Waals surface area contributed by atoms with Crippen molar-refractivity contribution in [2.24, 2.45) is 11.8 Å². The lowest BCUT2D eigenvalue weighted by molar-refractivity contribution is 0.0942. The summed E-state index contributed by atoms with van der Waals surface area (Å²) in [5, 5.41) is 9.34. The fraction of sp³-hybridized carbons (Fsp3) is 0.444. The van der Waals surface area contributed by atoms with Gasteiger partial charge in [-0.25, -0.2) is 0 Å². The molecule has 5 heteroatoms. The van der Waals surface area contributed by atoms with E-state index in [4.69, 9.17) is 5.73 Å². The first-order valence-corrected chi connectivity index (χ1v) is 8.33. The minimum Gasteiger partial charge on any atom is -0.383 e. The zero-order chi connectivity index (χ0) is 16.1. The number of nitrogens with two attached hydrogens (primary N) is 1. The molecule has 23 heavy (non-hydrogen) atoms. The summed E-state index contributed by atoms with van der Waals surface area (Å²) in [7, 11) is 0. The van der Waals surface area contributed by atoms with Gasteiger partial charge < -0.3 is 11.1 Å². The highest BCUT2D eigenvalue weighted by molar-refractivity contribution is 5.98. The van der Waals surface area contributed by atoms with Crippen LogP contribution in [0.1, 0.15) is 41.6 Å². The molecule has 0 radical (unpaired) electrons. The highest BCUT2D eigenvalue weighted by atomic mass is 16.1. The van der Waals surface area contributed by atoms with Crippen LogP contribution in [0, 0.1) is 11.8 Å². The van der Waals surface area contributed by atoms with Crippen molar-refractivity contribution in [1.82, 2.24) is 15.5 Å². The molecule has 122 valence electrons. The molecule has 1 aromatic carbocycles. The Morgan fingerprint density at radius 3 is 2.52 bits per heavy atom. The Morgan fingerprint density at radius 1 is 1.17 bits per heavy atom. The van der Waals surface area contributed by atoms with Crippen LogP contribution in [0.25, 0.3) is 0 Å². The number of H-pyrrole nitrogens is 1. The van der Waals surface area contributed by atoms with Gasteiger partial charge in [0.2, 0.25) is 0 Å². The summed E-state index contributed by atoms with van der Waals surface area (Å²) in [6.07, 6.45) is 7.48. The first-order chi connectivity index (χ1) is 11.2. The number of benzene rings is 1. The third-order valence-corrected chi connectivity index (χ3v) is 4.80. The molecular weight excluding hydrogens is 288 g/mol. The van der Waals surface area contributed by atoms with Gasteiger partial charge in [0.25, 0.3) is 5.91 Å². The van der Waals surface area contributed by atoms with Gasteiger partial charge in [-0.15, -0.1) is 0 Å². The molecule has 0 aliphatic heterocycles. The van der Waals surface area contributed by atoms with Crippen LogP contribution in [0.3, 0.4) is 0 Å². The van der Waals surface area contributed by atoms with Crippen molar-refractivity contribution in [1.29, 1.82) is 0 Å². The Morgan fingerprint density at radius 2 is 1.87 bits per heavy atom. The zero-order valence-electron chi connectivity index (χ0n) is 13.3. The number of anilines is 1. The monoisotopic (exact) mass is 312 g/mol. The Labute approximate surface area is 136 Å². The van der Waals surface area contributed by atoms with Crippen molar-refractivity contribution >= 4 is 11.7 Å². The number of carbonyl (C=O) groups excluding carboxylic acids is 1. The van der Waals surface area contributed by atoms with Crippen molar-refractivity contribution in [3.05, 3.63) is 47.7 Å². The van der Waals surface area contributed by atoms with Crippen molar-refractivity contribution in [3.63, 3.8) is 0 Å². The molecule has 1 fully saturated rings. The number of nitrogen functional groups attached to an aromatic ring is 1. The van der Waals surface area contributed by atoms with E-state index < -0.39 is 0 Å². The molecule has 1 aliphatic rings. The minimum atomic E-state index is -0.136. The van der Waals surface area contributed by atoms with Crippen LogP contribution in [0.2, 0.25) is 0 Å². The largest absolute Gasteiger partial charge is 0.383 e. The number of nitrogens with one attached hydrogen (secondary N) is 2. The summed E-state index contributed by atoms with van der Waals surface area (Å²) in [5.74, 6) is 1.53. The van der Waals surface area contributed by atoms with Crippen LogP contribution < -0.4 is 11.1 Å². The summed E-state index contributed by atoms with van der Waals surface area (Å²) >= 11 is 0. The van der Waals surface area contributed by atoms with Crippen molar-refractivity contribution in [2.45, 2.75) is 32.1 Å². The Balaban J connectivity index is 1.41. The van der Waals surface area contributed by atoms with Crippen molar-refractivity contribution in [2.75, 3.05) is 12.3 Å². The summed E-state index contributed by atoms with van der Waals surface area (Å²) in [5.41, 5.74) is 7.53. The highest BCUT2D eigenvalue weighted by Gasteiger charge is 2.22. The van der Waals surface area contributed by atoms with Crippen LogP contribution in [-0.2, 0) is 6.42 Å². The molecule has 0 saturated heterocycles. The van der Waals surface area contributed by atoms with Crippen LogP contribution in [0.15, 0.2) is 36.5 Å². The van der Waals surface area contributed by atoms with Gasteiger partial charge in [0, 0.05) is 6.54 Å². The standard InChI is InChI=1S/C18H24N4O/c19-17-16(12-21-22-17)18(23)20-11-15-8-6-14(7-9-15)10-13-4-2-1-3-5-13/h1-5,12,14-15H,6-11H2,(H,20,23)(H3,19,21,22). The van der Waals surface area contributed by atoms with E-state index in [0.717, 1.165) is 12.5 Å². The molecule has 0 bridgehead atoms. The maximum absolute atomic E-state index is 12.0. The summed E-state index contributed by atoms with van der Waals surface area (Å²) in [4.78, 5) is 12.0. The maximum atomic E-state index is 12.0. The number of hydrogen-bond acceptors (Lipinski definition) is 3. The SMILES string of the molecule is Nc1[nH]ncc1C(=O)NCC1CCC(Cc2ccccc2)CC1. The van der Waals surface area contributed by atoms with Crippen LogP contribution in [-0.4, -0.2) is 22.6 Å². The van der Waals surface area contributed by atoms with Gasteiger partial charge in [-0.05, 0) is 49.5 Å². The second kappa shape index (κ2) is 7.31. The van der Waals surface area contributed by atoms with Gasteiger partial charge in [-0.1, -0.05) is 30.3 Å². The summed E-state index contributed by atoms with van der Waals surface area (Å²) in [6, 6.07) is 10.7. The third kappa shape index (κ3) is 4.12. The second-order valence-electron chi connectivity index (χ2n) is 6.48. The van der Waals surface area contributed by atoms with Crippen LogP contribution >= 0.6 is 0 Å². The van der Waals surface area contributed by atoms with E-state index in [1.807, 2.05) is 0 Å². The number of carbonyl (C=O) groups is 1. The van der Waals surface area contributed by atoms with E-state index in [-0.39, 0.29) is 5.91 Å². The molecule has 1 aliphatic carbocycles. The van der Waals surface area contributed by atoms with E-state index in [1.54, 1.807) is 0 Å². The van der Waals surface area contributed by atoms with Gasteiger partial charge in [-0.2, -0.15) is 5.10 Å². The predicted molar refractivity (Wildman–Crippen MR) is 90.9 cm³/mol. The normalized spacial score (nSPS) is 21.0. The molecule has 5 nitrogen and oxygen atoms in total. The highest BCUT2D eigenvalue weighted by Crippen LogP contribution is 2.30. The molecule has 1 saturated carbocycles. The molecule has 1 heterocycles. The van der Waals surface area contributed by atoms with Crippen molar-refractivity contribution < 1.29 is 4.79 Å². The molecule has 3 rings (SSSR count). The molecule has 4 N–H and O–H groups in total. The van der Waals surface area contributed by atoms with Gasteiger partial charge in [0.05, 0.1) is 6.20 Å². The van der Waals surface area contributed by atoms with Crippen LogP contribution in [0.4, 0.5) is 5.82 Å². The number of aromatic amines is 1. The predicted octanol–water partition coefficient (Wildman–Crippen LogP) is 2.77. The fourth-order valence-electron chi connectivity index (χ4n) is 3.40. The molecule has 0 atom stereocenters. The average Bonchev–Trinajstić information content (AvgIpc) is 3.01. The lowest BCUT2D eigenvalue weighted by atomic mass is 9.79. The number of nitrogens with zero attached hydrogens (tertiary/aromatic N) is 1. The first kappa shape index (κ1) is 15.6. The number of rotatable bonds is 5. The lowest BCUT2D eigenvalue weighted by Gasteiger charge is -2.28. The quantitative estimate of drug-likeness (QED) is 0.793. The minimum absolute atomic E-state index is 0.136. The average molecular weight is 312 g/mol. The van der Waals surface area contributed by atoms with Crippen molar-refractivity contribution in [3.8, 4) is 0 Å². The lowest BCUT2D eigenvalue weighted by Crippen LogP contribution is -2.31. The Kier molecular flexibility index (Phi) is 4.95. The van der Waals surface area contributed by atoms with E-state index in [9.17, 15) is 4.79 Å². The van der Waals surface area contributed by atoms with Gasteiger partial charge in [0.1, 0.15) is 11.4 Å². The topological polar surface area (TPSA) is 83.8 Å². The molecule has 0 unspecified atom stereocenters. The van der Waals surface area contributed by atoms with E-state index in [1.165, 1.54) is 43.9 Å². The van der Waals surface area contributed by atoms with Gasteiger partial charge in [0.15, 0.2) is 0 Å². The molecule has 2 aromatic rings. The van der Waals surface area contributed by atoms with E-state index >= 15 is 0 Å². The summed E-state index contributed by atoms with van der Waals surface area (Å²) < 4.78 is 0. The number of amides is 1. The first-order valence-electron chi connectivity index (χ1n) is 8.33. The third-order valence-electron chi connectivity index (χ3n) is 4.80. The van der Waals surface area contributed by atoms with E-state index in [2.05, 4.69) is 45.8 Å². The number of hydrogen-bond donors (Lipinski definition) is 3. The molecule has 1 amide bonds. The fourth-order valence-corrected chi connectivity index (χ4v) is 3.40. The summed E-state index contributed by atoms with van der Waals surface area (Å²) in [6.45, 7) is 0.724. The molecule has 1 aromatic heterocycles. The second-order valence-corrected chi connectivity index (χ2v) is 6.48. The maximum Gasteiger partial charge on any atom is 0.256 e. The zero-order valence-corrected chi connectivity index (χ0v) is 13.3. The van der Waals surface area contributed by atoms with Crippen LogP contribution in [0.5, 0.6) is 0 Å².